The Hall–Kier alpha value is -1.68. The van der Waals surface area contributed by atoms with Crippen LogP contribution in [0, 0.1) is 0 Å². The molecule has 0 spiro atoms. The fourth-order valence-electron chi connectivity index (χ4n) is 2.17. The van der Waals surface area contributed by atoms with E-state index >= 15 is 0 Å². The average Bonchev–Trinajstić information content (AvgIpc) is 2.92. The number of rotatable bonds is 12. The highest BCUT2D eigenvalue weighted by Gasteiger charge is 2.43. The van der Waals surface area contributed by atoms with E-state index in [0.29, 0.717) is 6.42 Å². The van der Waals surface area contributed by atoms with Crippen LogP contribution in [0.3, 0.4) is 0 Å². The fraction of sp³-hybridized carbons (Fsp3) is 0.750. The van der Waals surface area contributed by atoms with E-state index in [9.17, 15) is 19.8 Å². The summed E-state index contributed by atoms with van der Waals surface area (Å²) in [7, 11) is 0. The Balaban J connectivity index is 2.80. The second kappa shape index (κ2) is 11.0. The number of esters is 2. The van der Waals surface area contributed by atoms with Gasteiger partial charge in [0.25, 0.3) is 0 Å². The van der Waals surface area contributed by atoms with Gasteiger partial charge in [-0.1, -0.05) is 32.6 Å². The van der Waals surface area contributed by atoms with Crippen LogP contribution in [0.1, 0.15) is 39.0 Å². The van der Waals surface area contributed by atoms with E-state index in [1.165, 1.54) is 0 Å². The molecule has 0 saturated heterocycles. The molecule has 0 aromatic carbocycles. The number of unbranched alkanes of at least 4 members (excludes halogenated alkanes) is 4. The first-order valence-corrected chi connectivity index (χ1v) is 8.33. The minimum Gasteiger partial charge on any atom is -0.484 e. The second-order valence-corrected chi connectivity index (χ2v) is 5.65. The van der Waals surface area contributed by atoms with Crippen LogP contribution in [-0.4, -0.2) is 70.5 Å². The van der Waals surface area contributed by atoms with Crippen molar-refractivity contribution in [3.8, 4) is 0 Å². The van der Waals surface area contributed by atoms with Crippen molar-refractivity contribution in [1.29, 1.82) is 0 Å². The summed E-state index contributed by atoms with van der Waals surface area (Å²) in [6, 6.07) is 0. The third kappa shape index (κ3) is 6.28. The number of carbonyl (C=O) groups excluding carboxylic acids is 2. The molecule has 0 saturated carbocycles. The SMILES string of the molecule is CCCCCCCOC1=C(OC(=O)C(O)CO)[C@@H]([C@@H](O)CO)OC1=O. The van der Waals surface area contributed by atoms with E-state index in [1.807, 2.05) is 0 Å². The Kier molecular flexibility index (Phi) is 9.43. The summed E-state index contributed by atoms with van der Waals surface area (Å²) >= 11 is 0. The lowest BCUT2D eigenvalue weighted by molar-refractivity contribution is -0.157. The van der Waals surface area contributed by atoms with Gasteiger partial charge in [-0.25, -0.2) is 9.59 Å². The van der Waals surface area contributed by atoms with E-state index in [4.69, 9.17) is 24.4 Å². The first-order valence-electron chi connectivity index (χ1n) is 8.33. The molecule has 0 aromatic rings. The van der Waals surface area contributed by atoms with Gasteiger partial charge in [-0.3, -0.25) is 0 Å². The number of hydrogen-bond acceptors (Lipinski definition) is 9. The van der Waals surface area contributed by atoms with Gasteiger partial charge < -0.3 is 34.6 Å². The molecule has 0 bridgehead atoms. The lowest BCUT2D eigenvalue weighted by Crippen LogP contribution is -2.35. The van der Waals surface area contributed by atoms with Crippen molar-refractivity contribution in [1.82, 2.24) is 0 Å². The van der Waals surface area contributed by atoms with E-state index in [2.05, 4.69) is 6.92 Å². The summed E-state index contributed by atoms with van der Waals surface area (Å²) in [6.45, 7) is 0.650. The molecular formula is C16H26O9. The maximum atomic E-state index is 11.9. The smallest absolute Gasteiger partial charge is 0.378 e. The molecule has 0 aromatic heterocycles. The molecule has 0 amide bonds. The molecule has 1 aliphatic rings. The molecule has 1 heterocycles. The van der Waals surface area contributed by atoms with Crippen LogP contribution < -0.4 is 0 Å². The van der Waals surface area contributed by atoms with Crippen molar-refractivity contribution < 1.29 is 44.2 Å². The highest BCUT2D eigenvalue weighted by atomic mass is 16.6. The van der Waals surface area contributed by atoms with Crippen LogP contribution in [0.4, 0.5) is 0 Å². The van der Waals surface area contributed by atoms with Gasteiger partial charge in [-0.15, -0.1) is 0 Å². The van der Waals surface area contributed by atoms with Crippen molar-refractivity contribution in [3.05, 3.63) is 11.5 Å². The number of hydrogen-bond donors (Lipinski definition) is 4. The predicted octanol–water partition coefficient (Wildman–Crippen LogP) is -0.640. The van der Waals surface area contributed by atoms with Gasteiger partial charge in [-0.2, -0.15) is 0 Å². The van der Waals surface area contributed by atoms with Crippen LogP contribution in [0.2, 0.25) is 0 Å². The number of ether oxygens (including phenoxy) is 3. The molecule has 1 unspecified atom stereocenters. The molecule has 9 nitrogen and oxygen atoms in total. The van der Waals surface area contributed by atoms with Crippen molar-refractivity contribution >= 4 is 11.9 Å². The third-order valence-corrected chi connectivity index (χ3v) is 3.59. The quantitative estimate of drug-likeness (QED) is 0.263. The van der Waals surface area contributed by atoms with Gasteiger partial charge in [-0.05, 0) is 6.42 Å². The monoisotopic (exact) mass is 362 g/mol. The standard InChI is InChI=1S/C16H26O9/c1-2-3-4-5-6-7-23-14-13(25-15(21)11(20)9-18)12(10(19)8-17)24-16(14)22/h10-12,17-20H,2-9H2,1H3/t10-,11?,12+/m0/s1. The first-order chi connectivity index (χ1) is 12.0. The van der Waals surface area contributed by atoms with Crippen LogP contribution in [0.5, 0.6) is 0 Å². The highest BCUT2D eigenvalue weighted by molar-refractivity contribution is 5.90. The lowest BCUT2D eigenvalue weighted by Gasteiger charge is -2.18. The second-order valence-electron chi connectivity index (χ2n) is 5.65. The van der Waals surface area contributed by atoms with E-state index < -0.39 is 49.2 Å². The largest absolute Gasteiger partial charge is 0.484 e. The molecule has 9 heteroatoms. The summed E-state index contributed by atoms with van der Waals surface area (Å²) in [5.41, 5.74) is 0. The number of aliphatic hydroxyl groups is 4. The topological polar surface area (TPSA) is 143 Å². The minimum absolute atomic E-state index is 0.180. The maximum Gasteiger partial charge on any atom is 0.378 e. The van der Waals surface area contributed by atoms with Crippen LogP contribution in [0.25, 0.3) is 0 Å². The van der Waals surface area contributed by atoms with Gasteiger partial charge in [0.1, 0.15) is 6.10 Å². The van der Waals surface area contributed by atoms with E-state index in [1.54, 1.807) is 0 Å². The van der Waals surface area contributed by atoms with Crippen LogP contribution in [0.15, 0.2) is 11.5 Å². The molecule has 3 atom stereocenters. The van der Waals surface area contributed by atoms with Gasteiger partial charge in [0.05, 0.1) is 19.8 Å². The molecule has 0 fully saturated rings. The Morgan fingerprint density at radius 3 is 2.44 bits per heavy atom. The maximum absolute atomic E-state index is 11.9. The van der Waals surface area contributed by atoms with Gasteiger partial charge in [0.2, 0.25) is 11.5 Å². The normalized spacial score (nSPS) is 19.6. The number of cyclic esters (lactones) is 1. The fourth-order valence-corrected chi connectivity index (χ4v) is 2.17. The average molecular weight is 362 g/mol. The Labute approximate surface area is 145 Å². The molecule has 144 valence electrons. The third-order valence-electron chi connectivity index (χ3n) is 3.59. The molecule has 0 radical (unpaired) electrons. The van der Waals surface area contributed by atoms with Gasteiger partial charge in [0.15, 0.2) is 12.2 Å². The van der Waals surface area contributed by atoms with E-state index in [-0.39, 0.29) is 12.4 Å². The number of carbonyl (C=O) groups is 2. The van der Waals surface area contributed by atoms with Gasteiger partial charge in [0, 0.05) is 0 Å². The molecule has 1 rings (SSSR count). The summed E-state index contributed by atoms with van der Waals surface area (Å²) in [6.07, 6.45) is 0.0158. The summed E-state index contributed by atoms with van der Waals surface area (Å²) in [5, 5.41) is 36.8. The predicted molar refractivity (Wildman–Crippen MR) is 83.9 cm³/mol. The van der Waals surface area contributed by atoms with Crippen LogP contribution in [-0.2, 0) is 23.8 Å². The molecule has 25 heavy (non-hydrogen) atoms. The van der Waals surface area contributed by atoms with Crippen molar-refractivity contribution in [2.45, 2.75) is 57.3 Å². The number of aliphatic hydroxyl groups excluding tert-OH is 4. The summed E-state index contributed by atoms with van der Waals surface area (Å²) in [5.74, 6) is -2.97. The Morgan fingerprint density at radius 2 is 1.84 bits per heavy atom. The van der Waals surface area contributed by atoms with Gasteiger partial charge >= 0.3 is 11.9 Å². The summed E-state index contributed by atoms with van der Waals surface area (Å²) in [4.78, 5) is 23.6. The highest BCUT2D eigenvalue weighted by Crippen LogP contribution is 2.28. The molecule has 4 N–H and O–H groups in total. The van der Waals surface area contributed by atoms with Crippen molar-refractivity contribution in [2.24, 2.45) is 0 Å². The zero-order chi connectivity index (χ0) is 18.8. The molecular weight excluding hydrogens is 336 g/mol. The summed E-state index contributed by atoms with van der Waals surface area (Å²) < 4.78 is 15.1. The molecule has 0 aliphatic carbocycles. The van der Waals surface area contributed by atoms with E-state index in [0.717, 1.165) is 25.7 Å². The van der Waals surface area contributed by atoms with Crippen molar-refractivity contribution in [3.63, 3.8) is 0 Å². The van der Waals surface area contributed by atoms with Crippen molar-refractivity contribution in [2.75, 3.05) is 19.8 Å². The Morgan fingerprint density at radius 1 is 1.16 bits per heavy atom. The first kappa shape index (κ1) is 21.4. The zero-order valence-electron chi connectivity index (χ0n) is 14.2. The van der Waals surface area contributed by atoms with Crippen LogP contribution >= 0.6 is 0 Å². The zero-order valence-corrected chi connectivity index (χ0v) is 14.2. The Bertz CT molecular complexity index is 474. The lowest BCUT2D eigenvalue weighted by atomic mass is 10.1. The minimum atomic E-state index is -1.81. The molecule has 1 aliphatic heterocycles.